The molecule has 0 atom stereocenters. The van der Waals surface area contributed by atoms with E-state index in [1.165, 1.54) is 0 Å². The van der Waals surface area contributed by atoms with Gasteiger partial charge in [-0.2, -0.15) is 0 Å². The lowest BCUT2D eigenvalue weighted by molar-refractivity contribution is 1.11. The first-order chi connectivity index (χ1) is 8.72. The van der Waals surface area contributed by atoms with Gasteiger partial charge in [0, 0.05) is 23.7 Å². The van der Waals surface area contributed by atoms with Gasteiger partial charge < -0.3 is 0 Å². The van der Waals surface area contributed by atoms with Crippen molar-refractivity contribution in [3.05, 3.63) is 47.5 Å². The molecule has 0 unspecified atom stereocenters. The molecule has 3 rings (SSSR count). The molecule has 18 heavy (non-hydrogen) atoms. The summed E-state index contributed by atoms with van der Waals surface area (Å²) in [5, 5.41) is 0.441. The topological polar surface area (TPSA) is 51.6 Å². The predicted molar refractivity (Wildman–Crippen MR) is 70.3 cm³/mol. The number of hydrogen-bond acceptors (Lipinski definition) is 4. The number of fused-ring (bicyclic) bond motifs is 1. The third-order valence-corrected chi connectivity index (χ3v) is 2.74. The summed E-state index contributed by atoms with van der Waals surface area (Å²) in [6, 6.07) is 7.46. The molecular weight excluding hydrogens is 248 g/mol. The van der Waals surface area contributed by atoms with E-state index >= 15 is 0 Å². The maximum absolute atomic E-state index is 5.94. The van der Waals surface area contributed by atoms with Crippen LogP contribution in [-0.4, -0.2) is 19.9 Å². The number of halogens is 1. The Labute approximate surface area is 109 Å². The number of aromatic nitrogens is 4. The van der Waals surface area contributed by atoms with Crippen molar-refractivity contribution in [1.29, 1.82) is 0 Å². The monoisotopic (exact) mass is 256 g/mol. The van der Waals surface area contributed by atoms with Crippen LogP contribution in [0.25, 0.3) is 22.4 Å². The van der Waals surface area contributed by atoms with Crippen molar-refractivity contribution in [3.63, 3.8) is 0 Å². The Morgan fingerprint density at radius 2 is 1.72 bits per heavy atom. The smallest absolute Gasteiger partial charge is 0.161 e. The molecule has 0 radical (unpaired) electrons. The molecule has 0 saturated carbocycles. The molecule has 0 bridgehead atoms. The Balaban J connectivity index is 2.19. The fourth-order valence-corrected chi connectivity index (χ4v) is 2.00. The number of rotatable bonds is 1. The fraction of sp³-hybridized carbons (Fsp3) is 0.0769. The van der Waals surface area contributed by atoms with Crippen LogP contribution >= 0.6 is 11.6 Å². The van der Waals surface area contributed by atoms with Crippen LogP contribution in [0.4, 0.5) is 0 Å². The molecular formula is C13H9ClN4. The maximum Gasteiger partial charge on any atom is 0.161 e. The van der Waals surface area contributed by atoms with Gasteiger partial charge in [-0.25, -0.2) is 9.97 Å². The highest BCUT2D eigenvalue weighted by Crippen LogP contribution is 2.21. The first-order valence-corrected chi connectivity index (χ1v) is 5.82. The van der Waals surface area contributed by atoms with Gasteiger partial charge in [-0.15, -0.1) is 0 Å². The van der Waals surface area contributed by atoms with Crippen molar-refractivity contribution in [2.75, 3.05) is 0 Å². The van der Waals surface area contributed by atoms with Crippen molar-refractivity contribution in [2.24, 2.45) is 0 Å². The summed E-state index contributed by atoms with van der Waals surface area (Å²) in [5.41, 5.74) is 3.38. The lowest BCUT2D eigenvalue weighted by Gasteiger charge is -2.03. The highest BCUT2D eigenvalue weighted by Gasteiger charge is 2.05. The van der Waals surface area contributed by atoms with Crippen molar-refractivity contribution in [3.8, 4) is 11.4 Å². The standard InChI is InChI=1S/C13H9ClN4/c1-8-6-12(14)18-13(17-8)9-2-3-10-11(7-9)16-5-4-15-10/h2-7H,1H3. The molecule has 88 valence electrons. The molecule has 0 aliphatic heterocycles. The van der Waals surface area contributed by atoms with E-state index in [0.717, 1.165) is 22.3 Å². The van der Waals surface area contributed by atoms with Gasteiger partial charge in [0.25, 0.3) is 0 Å². The van der Waals surface area contributed by atoms with E-state index in [-0.39, 0.29) is 0 Å². The third kappa shape index (κ3) is 2.02. The SMILES string of the molecule is Cc1cc(Cl)nc(-c2ccc3nccnc3c2)n1. The fourth-order valence-electron chi connectivity index (χ4n) is 1.76. The summed E-state index contributed by atoms with van der Waals surface area (Å²) in [6.07, 6.45) is 3.33. The average Bonchev–Trinajstić information content (AvgIpc) is 2.37. The zero-order valence-corrected chi connectivity index (χ0v) is 10.4. The van der Waals surface area contributed by atoms with Crippen molar-refractivity contribution in [1.82, 2.24) is 19.9 Å². The molecule has 2 aromatic heterocycles. The maximum atomic E-state index is 5.94. The second-order valence-electron chi connectivity index (χ2n) is 3.92. The quantitative estimate of drug-likeness (QED) is 0.628. The molecule has 1 aromatic carbocycles. The molecule has 3 aromatic rings. The summed E-state index contributed by atoms with van der Waals surface area (Å²) < 4.78 is 0. The van der Waals surface area contributed by atoms with Crippen LogP contribution in [0.1, 0.15) is 5.69 Å². The van der Waals surface area contributed by atoms with Crippen LogP contribution in [0.15, 0.2) is 36.7 Å². The second kappa shape index (κ2) is 4.31. The minimum absolute atomic E-state index is 0.441. The summed E-state index contributed by atoms with van der Waals surface area (Å²) >= 11 is 5.94. The molecule has 0 saturated heterocycles. The van der Waals surface area contributed by atoms with Crippen LogP contribution < -0.4 is 0 Å². The molecule has 0 aliphatic rings. The van der Waals surface area contributed by atoms with Crippen LogP contribution in [-0.2, 0) is 0 Å². The van der Waals surface area contributed by atoms with E-state index in [0.29, 0.717) is 11.0 Å². The van der Waals surface area contributed by atoms with Gasteiger partial charge in [-0.1, -0.05) is 11.6 Å². The Hall–Kier alpha value is -2.07. The minimum atomic E-state index is 0.441. The van der Waals surface area contributed by atoms with Crippen molar-refractivity contribution < 1.29 is 0 Å². The molecule has 0 spiro atoms. The first kappa shape index (κ1) is 11.0. The Morgan fingerprint density at radius 1 is 0.944 bits per heavy atom. The normalized spacial score (nSPS) is 10.8. The second-order valence-corrected chi connectivity index (χ2v) is 4.30. The van der Waals surface area contributed by atoms with E-state index in [1.54, 1.807) is 18.5 Å². The lowest BCUT2D eigenvalue weighted by atomic mass is 10.2. The number of benzene rings is 1. The van der Waals surface area contributed by atoms with Crippen LogP contribution in [0.3, 0.4) is 0 Å². The predicted octanol–water partition coefficient (Wildman–Crippen LogP) is 3.05. The summed E-state index contributed by atoms with van der Waals surface area (Å²) in [5.74, 6) is 0.604. The minimum Gasteiger partial charge on any atom is -0.253 e. The number of nitrogens with zero attached hydrogens (tertiary/aromatic N) is 4. The zero-order chi connectivity index (χ0) is 12.5. The highest BCUT2D eigenvalue weighted by molar-refractivity contribution is 6.29. The summed E-state index contributed by atoms with van der Waals surface area (Å²) in [7, 11) is 0. The first-order valence-electron chi connectivity index (χ1n) is 5.45. The summed E-state index contributed by atoms with van der Waals surface area (Å²) in [4.78, 5) is 17.1. The van der Waals surface area contributed by atoms with E-state index in [2.05, 4.69) is 19.9 Å². The van der Waals surface area contributed by atoms with Crippen molar-refractivity contribution in [2.45, 2.75) is 6.92 Å². The van der Waals surface area contributed by atoms with Gasteiger partial charge in [0.1, 0.15) is 5.15 Å². The zero-order valence-electron chi connectivity index (χ0n) is 9.63. The largest absolute Gasteiger partial charge is 0.253 e. The lowest BCUT2D eigenvalue weighted by Crippen LogP contribution is -1.93. The molecule has 2 heterocycles. The van der Waals surface area contributed by atoms with Gasteiger partial charge in [0.2, 0.25) is 0 Å². The Morgan fingerprint density at radius 3 is 2.50 bits per heavy atom. The van der Waals surface area contributed by atoms with Gasteiger partial charge >= 0.3 is 0 Å². The van der Waals surface area contributed by atoms with E-state index in [1.807, 2.05) is 25.1 Å². The van der Waals surface area contributed by atoms with E-state index in [4.69, 9.17) is 11.6 Å². The molecule has 0 aliphatic carbocycles. The van der Waals surface area contributed by atoms with Gasteiger partial charge in [-0.05, 0) is 31.2 Å². The van der Waals surface area contributed by atoms with Crippen LogP contribution in [0.5, 0.6) is 0 Å². The summed E-state index contributed by atoms with van der Waals surface area (Å²) in [6.45, 7) is 1.89. The van der Waals surface area contributed by atoms with Crippen molar-refractivity contribution >= 4 is 22.6 Å². The number of hydrogen-bond donors (Lipinski definition) is 0. The molecule has 0 fully saturated rings. The van der Waals surface area contributed by atoms with E-state index < -0.39 is 0 Å². The van der Waals surface area contributed by atoms with Gasteiger partial charge in [-0.3, -0.25) is 9.97 Å². The molecule has 5 heteroatoms. The van der Waals surface area contributed by atoms with Crippen LogP contribution in [0, 0.1) is 6.92 Å². The molecule has 4 nitrogen and oxygen atoms in total. The van der Waals surface area contributed by atoms with Gasteiger partial charge in [0.15, 0.2) is 5.82 Å². The van der Waals surface area contributed by atoms with Crippen LogP contribution in [0.2, 0.25) is 5.15 Å². The van der Waals surface area contributed by atoms with Gasteiger partial charge in [0.05, 0.1) is 11.0 Å². The Kier molecular flexibility index (Phi) is 2.64. The van der Waals surface area contributed by atoms with E-state index in [9.17, 15) is 0 Å². The Bertz CT molecular complexity index is 707. The molecule has 0 amide bonds. The third-order valence-electron chi connectivity index (χ3n) is 2.55. The number of aryl methyl sites for hydroxylation is 1. The molecule has 0 N–H and O–H groups in total. The average molecular weight is 257 g/mol. The highest BCUT2D eigenvalue weighted by atomic mass is 35.5.